The third-order valence-electron chi connectivity index (χ3n) is 4.01. The molecular weight excluding hydrogens is 274 g/mol. The van der Waals surface area contributed by atoms with Crippen molar-refractivity contribution in [3.8, 4) is 0 Å². The zero-order valence-electron chi connectivity index (χ0n) is 11.8. The zero-order chi connectivity index (χ0) is 14.5. The lowest BCUT2D eigenvalue weighted by Crippen LogP contribution is -2.29. The maximum absolute atomic E-state index is 8.90. The van der Waals surface area contributed by atoms with Crippen LogP contribution >= 0.6 is 11.6 Å². The van der Waals surface area contributed by atoms with Gasteiger partial charge in [-0.05, 0) is 37.0 Å². The van der Waals surface area contributed by atoms with Crippen molar-refractivity contribution in [1.82, 2.24) is 0 Å². The van der Waals surface area contributed by atoms with Gasteiger partial charge in [-0.3, -0.25) is 0 Å². The molecule has 1 aliphatic rings. The van der Waals surface area contributed by atoms with Gasteiger partial charge < -0.3 is 15.8 Å². The number of halogens is 1. The van der Waals surface area contributed by atoms with E-state index in [0.29, 0.717) is 10.9 Å². The highest BCUT2D eigenvalue weighted by molar-refractivity contribution is 6.31. The molecular formula is C15H22ClN3O. The van der Waals surface area contributed by atoms with Crippen molar-refractivity contribution in [1.29, 1.82) is 0 Å². The van der Waals surface area contributed by atoms with Crippen molar-refractivity contribution in [2.24, 2.45) is 16.8 Å². The Labute approximate surface area is 125 Å². The van der Waals surface area contributed by atoms with Crippen LogP contribution in [0.5, 0.6) is 0 Å². The number of hydrogen-bond acceptors (Lipinski definition) is 3. The van der Waals surface area contributed by atoms with Crippen LogP contribution in [0.4, 0.5) is 5.69 Å². The SMILES string of the molecule is CN(CC1CCCCC1)c1cc(Cl)ccc1C(N)=NO. The maximum Gasteiger partial charge on any atom is 0.172 e. The average Bonchev–Trinajstić information content (AvgIpc) is 2.47. The summed E-state index contributed by atoms with van der Waals surface area (Å²) in [5.41, 5.74) is 7.38. The van der Waals surface area contributed by atoms with Crippen LogP contribution < -0.4 is 10.6 Å². The number of oxime groups is 1. The topological polar surface area (TPSA) is 61.8 Å². The van der Waals surface area contributed by atoms with E-state index in [2.05, 4.69) is 10.1 Å². The van der Waals surface area contributed by atoms with Gasteiger partial charge in [0.15, 0.2) is 5.84 Å². The Morgan fingerprint density at radius 2 is 2.10 bits per heavy atom. The molecule has 0 unspecified atom stereocenters. The molecule has 0 spiro atoms. The van der Waals surface area contributed by atoms with Crippen molar-refractivity contribution in [2.45, 2.75) is 32.1 Å². The lowest BCUT2D eigenvalue weighted by Gasteiger charge is -2.29. The van der Waals surface area contributed by atoms with E-state index in [1.54, 1.807) is 12.1 Å². The van der Waals surface area contributed by atoms with E-state index in [1.165, 1.54) is 32.1 Å². The lowest BCUT2D eigenvalue weighted by atomic mass is 9.89. The van der Waals surface area contributed by atoms with Crippen LogP contribution in [0.25, 0.3) is 0 Å². The van der Waals surface area contributed by atoms with Gasteiger partial charge in [-0.25, -0.2) is 0 Å². The molecule has 110 valence electrons. The van der Waals surface area contributed by atoms with Gasteiger partial charge in [-0.15, -0.1) is 0 Å². The molecule has 0 radical (unpaired) electrons. The molecule has 4 nitrogen and oxygen atoms in total. The minimum atomic E-state index is 0.118. The highest BCUT2D eigenvalue weighted by Crippen LogP contribution is 2.28. The molecule has 1 aliphatic carbocycles. The Balaban J connectivity index is 2.19. The third kappa shape index (κ3) is 3.57. The zero-order valence-corrected chi connectivity index (χ0v) is 12.6. The molecule has 2 rings (SSSR count). The maximum atomic E-state index is 8.90. The summed E-state index contributed by atoms with van der Waals surface area (Å²) < 4.78 is 0. The average molecular weight is 296 g/mol. The second-order valence-corrected chi connectivity index (χ2v) is 5.97. The molecule has 0 amide bonds. The van der Waals surface area contributed by atoms with Gasteiger partial charge in [0.05, 0.1) is 0 Å². The van der Waals surface area contributed by atoms with E-state index < -0.39 is 0 Å². The molecule has 1 saturated carbocycles. The first-order valence-electron chi connectivity index (χ1n) is 7.10. The molecule has 3 N–H and O–H groups in total. The summed E-state index contributed by atoms with van der Waals surface area (Å²) in [5, 5.41) is 12.7. The Kier molecular flexibility index (Phi) is 5.12. The van der Waals surface area contributed by atoms with E-state index in [-0.39, 0.29) is 5.84 Å². The van der Waals surface area contributed by atoms with Crippen molar-refractivity contribution in [3.05, 3.63) is 28.8 Å². The predicted octanol–water partition coefficient (Wildman–Crippen LogP) is 3.45. The van der Waals surface area contributed by atoms with Gasteiger partial charge >= 0.3 is 0 Å². The number of nitrogens with zero attached hydrogens (tertiary/aromatic N) is 2. The van der Waals surface area contributed by atoms with Gasteiger partial charge in [-0.2, -0.15) is 0 Å². The van der Waals surface area contributed by atoms with E-state index in [1.807, 2.05) is 13.1 Å². The number of amidine groups is 1. The van der Waals surface area contributed by atoms with E-state index in [9.17, 15) is 0 Å². The summed E-state index contributed by atoms with van der Waals surface area (Å²) >= 11 is 6.08. The molecule has 1 aromatic rings. The minimum Gasteiger partial charge on any atom is -0.409 e. The molecule has 0 atom stereocenters. The first kappa shape index (κ1) is 15.0. The van der Waals surface area contributed by atoms with Gasteiger partial charge in [0.2, 0.25) is 0 Å². The van der Waals surface area contributed by atoms with Crippen LogP contribution in [0.3, 0.4) is 0 Å². The van der Waals surface area contributed by atoms with Crippen LogP contribution in [0.15, 0.2) is 23.4 Å². The Bertz CT molecular complexity index is 484. The number of nitrogens with two attached hydrogens (primary N) is 1. The Morgan fingerprint density at radius 1 is 1.40 bits per heavy atom. The summed E-state index contributed by atoms with van der Waals surface area (Å²) in [4.78, 5) is 2.16. The van der Waals surface area contributed by atoms with Crippen LogP contribution in [-0.4, -0.2) is 24.6 Å². The van der Waals surface area contributed by atoms with Gasteiger partial charge in [0.25, 0.3) is 0 Å². The summed E-state index contributed by atoms with van der Waals surface area (Å²) in [6, 6.07) is 5.43. The van der Waals surface area contributed by atoms with E-state index in [4.69, 9.17) is 22.5 Å². The van der Waals surface area contributed by atoms with Crippen LogP contribution in [-0.2, 0) is 0 Å². The lowest BCUT2D eigenvalue weighted by molar-refractivity contribution is 0.318. The number of benzene rings is 1. The summed E-state index contributed by atoms with van der Waals surface area (Å²) in [6.45, 7) is 0.978. The molecule has 0 bridgehead atoms. The standard InChI is InChI=1S/C15H22ClN3O/c1-19(10-11-5-3-2-4-6-11)14-9-12(16)7-8-13(14)15(17)18-20/h7-9,11,20H,2-6,10H2,1H3,(H2,17,18). The second kappa shape index (κ2) is 6.84. The van der Waals surface area contributed by atoms with Gasteiger partial charge in [-0.1, -0.05) is 36.0 Å². The van der Waals surface area contributed by atoms with Crippen molar-refractivity contribution >= 4 is 23.1 Å². The fourth-order valence-corrected chi connectivity index (χ4v) is 3.11. The normalized spacial score (nSPS) is 17.2. The second-order valence-electron chi connectivity index (χ2n) is 5.53. The summed E-state index contributed by atoms with van der Waals surface area (Å²) in [6.07, 6.45) is 6.56. The molecule has 0 aliphatic heterocycles. The molecule has 5 heteroatoms. The third-order valence-corrected chi connectivity index (χ3v) is 4.25. The minimum absolute atomic E-state index is 0.118. The summed E-state index contributed by atoms with van der Waals surface area (Å²) in [5.74, 6) is 0.833. The van der Waals surface area contributed by atoms with Crippen LogP contribution in [0, 0.1) is 5.92 Å². The van der Waals surface area contributed by atoms with Crippen LogP contribution in [0.1, 0.15) is 37.7 Å². The summed E-state index contributed by atoms with van der Waals surface area (Å²) in [7, 11) is 2.04. The fraction of sp³-hybridized carbons (Fsp3) is 0.533. The molecule has 20 heavy (non-hydrogen) atoms. The van der Waals surface area contributed by atoms with Crippen LogP contribution in [0.2, 0.25) is 5.02 Å². The number of rotatable bonds is 4. The number of hydrogen-bond donors (Lipinski definition) is 2. The van der Waals surface area contributed by atoms with E-state index in [0.717, 1.165) is 17.8 Å². The first-order valence-corrected chi connectivity index (χ1v) is 7.48. The van der Waals surface area contributed by atoms with Crippen molar-refractivity contribution in [3.63, 3.8) is 0 Å². The molecule has 1 fully saturated rings. The first-order chi connectivity index (χ1) is 9.61. The monoisotopic (exact) mass is 295 g/mol. The number of anilines is 1. The van der Waals surface area contributed by atoms with Gasteiger partial charge in [0, 0.05) is 29.9 Å². The quantitative estimate of drug-likeness (QED) is 0.387. The van der Waals surface area contributed by atoms with Crippen molar-refractivity contribution < 1.29 is 5.21 Å². The van der Waals surface area contributed by atoms with Crippen molar-refractivity contribution in [2.75, 3.05) is 18.5 Å². The predicted molar refractivity (Wildman–Crippen MR) is 83.8 cm³/mol. The molecule has 0 heterocycles. The highest BCUT2D eigenvalue weighted by Gasteiger charge is 2.18. The Hall–Kier alpha value is -1.42. The smallest absolute Gasteiger partial charge is 0.172 e. The fourth-order valence-electron chi connectivity index (χ4n) is 2.95. The Morgan fingerprint density at radius 3 is 2.75 bits per heavy atom. The van der Waals surface area contributed by atoms with Gasteiger partial charge in [0.1, 0.15) is 0 Å². The molecule has 0 aromatic heterocycles. The largest absolute Gasteiger partial charge is 0.409 e. The molecule has 0 saturated heterocycles. The highest BCUT2D eigenvalue weighted by atomic mass is 35.5. The van der Waals surface area contributed by atoms with E-state index >= 15 is 0 Å². The molecule has 1 aromatic carbocycles.